The van der Waals surface area contributed by atoms with Gasteiger partial charge in [-0.05, 0) is 67.7 Å². The molecule has 246 valence electrons. The number of nitrogens with zero attached hydrogens (tertiary/aromatic N) is 2. The molecule has 8 atom stereocenters. The average molecular weight is 639 g/mol. The minimum absolute atomic E-state index is 0.125. The summed E-state index contributed by atoms with van der Waals surface area (Å²) in [6.07, 6.45) is 1.65. The number of amides is 6. The summed E-state index contributed by atoms with van der Waals surface area (Å²) in [5.41, 5.74) is -0.722. The number of likely N-dealkylation sites (tertiary alicyclic amines) is 1. The van der Waals surface area contributed by atoms with E-state index >= 15 is 0 Å². The van der Waals surface area contributed by atoms with E-state index in [0.717, 1.165) is 0 Å². The lowest BCUT2D eigenvalue weighted by atomic mass is 10.1. The zero-order valence-electron chi connectivity index (χ0n) is 26.7. The van der Waals surface area contributed by atoms with Crippen LogP contribution >= 0.6 is 11.8 Å². The van der Waals surface area contributed by atoms with Crippen LogP contribution in [0.4, 0.5) is 0 Å². The smallest absolute Gasteiger partial charge is 0.328 e. The quantitative estimate of drug-likeness (QED) is 0.241. The van der Waals surface area contributed by atoms with Crippen molar-refractivity contribution in [3.05, 3.63) is 0 Å². The second-order valence-corrected chi connectivity index (χ2v) is 14.2. The highest BCUT2D eigenvalue weighted by molar-refractivity contribution is 8.00. The van der Waals surface area contributed by atoms with Gasteiger partial charge in [-0.1, -0.05) is 0 Å². The van der Waals surface area contributed by atoms with Crippen molar-refractivity contribution in [3.63, 3.8) is 0 Å². The summed E-state index contributed by atoms with van der Waals surface area (Å²) in [6.45, 7) is 12.9. The number of nitrogens with one attached hydrogen (secondary N) is 4. The highest BCUT2D eigenvalue weighted by Gasteiger charge is 2.49. The van der Waals surface area contributed by atoms with Crippen LogP contribution in [0.2, 0.25) is 0 Å². The molecule has 14 nitrogen and oxygen atoms in total. The third-order valence-electron chi connectivity index (χ3n) is 7.91. The predicted molar refractivity (Wildman–Crippen MR) is 162 cm³/mol. The summed E-state index contributed by atoms with van der Waals surface area (Å²) < 4.78 is 5.24. The summed E-state index contributed by atoms with van der Waals surface area (Å²) in [6, 6.07) is -5.49. The third-order valence-corrected chi connectivity index (χ3v) is 9.30. The second kappa shape index (κ2) is 14.2. The van der Waals surface area contributed by atoms with Gasteiger partial charge in [-0.3, -0.25) is 28.8 Å². The Morgan fingerprint density at radius 1 is 0.841 bits per heavy atom. The Labute approximate surface area is 262 Å². The molecule has 0 spiro atoms. The van der Waals surface area contributed by atoms with Crippen molar-refractivity contribution < 1.29 is 38.3 Å². The summed E-state index contributed by atoms with van der Waals surface area (Å²) in [5, 5.41) is 10.4. The van der Waals surface area contributed by atoms with Crippen LogP contribution in [0.5, 0.6) is 0 Å². The molecule has 0 unspecified atom stereocenters. The molecule has 0 radical (unpaired) electrons. The average Bonchev–Trinajstić information content (AvgIpc) is 3.54. The molecule has 0 aliphatic carbocycles. The molecule has 3 fully saturated rings. The van der Waals surface area contributed by atoms with Crippen LogP contribution in [0, 0.1) is 0 Å². The SMILES string of the molecule is CC(=O)N1C[C@@H]2C[C@H]1C(=O)N1[C@@H](CC[C@H]1C(=O)N[C@@H](C)C(=O)N[C@@H](C)C(=O)N[C@@H](C)C(=O)N[C@@H](C)C(=O)OC(C)(C)C)CS2. The molecule has 3 rings (SSSR count). The van der Waals surface area contributed by atoms with Gasteiger partial charge >= 0.3 is 5.97 Å². The van der Waals surface area contributed by atoms with Crippen LogP contribution < -0.4 is 21.3 Å². The molecule has 2 bridgehead atoms. The number of ether oxygens (including phenoxy) is 1. The van der Waals surface area contributed by atoms with Crippen molar-refractivity contribution >= 4 is 53.2 Å². The highest BCUT2D eigenvalue weighted by Crippen LogP contribution is 2.38. The van der Waals surface area contributed by atoms with Gasteiger partial charge in [0.1, 0.15) is 41.9 Å². The molecule has 3 saturated heterocycles. The molecule has 15 heteroatoms. The largest absolute Gasteiger partial charge is 0.458 e. The molecular formula is C29H46N6O8S. The lowest BCUT2D eigenvalue weighted by Gasteiger charge is -2.35. The van der Waals surface area contributed by atoms with Crippen molar-refractivity contribution in [1.29, 1.82) is 0 Å². The fraction of sp³-hybridized carbons (Fsp3) is 0.759. The molecule has 0 aromatic rings. The van der Waals surface area contributed by atoms with Crippen molar-refractivity contribution in [2.75, 3.05) is 12.3 Å². The molecule has 4 N–H and O–H groups in total. The lowest BCUT2D eigenvalue weighted by molar-refractivity contribution is -0.158. The Hall–Kier alpha value is -3.36. The molecule has 3 heterocycles. The normalized spacial score (nSPS) is 25.8. The summed E-state index contributed by atoms with van der Waals surface area (Å²) in [5.74, 6) is -2.68. The van der Waals surface area contributed by atoms with Crippen molar-refractivity contribution in [2.45, 2.75) is 128 Å². The number of thioether (sulfide) groups is 1. The van der Waals surface area contributed by atoms with Crippen LogP contribution in [0.15, 0.2) is 0 Å². The Kier molecular flexibility index (Phi) is 11.3. The van der Waals surface area contributed by atoms with E-state index in [4.69, 9.17) is 4.74 Å². The van der Waals surface area contributed by atoms with Gasteiger partial charge in [0.15, 0.2) is 0 Å². The number of carbonyl (C=O) groups excluding carboxylic acids is 7. The number of esters is 1. The van der Waals surface area contributed by atoms with E-state index < -0.39 is 71.5 Å². The molecule has 44 heavy (non-hydrogen) atoms. The monoisotopic (exact) mass is 638 g/mol. The van der Waals surface area contributed by atoms with Gasteiger partial charge in [0.05, 0.1) is 0 Å². The minimum atomic E-state index is -1.04. The zero-order chi connectivity index (χ0) is 33.1. The van der Waals surface area contributed by atoms with Gasteiger partial charge < -0.3 is 35.8 Å². The van der Waals surface area contributed by atoms with E-state index in [2.05, 4.69) is 21.3 Å². The lowest BCUT2D eigenvalue weighted by Crippen LogP contribution is -2.58. The van der Waals surface area contributed by atoms with Crippen LogP contribution in [0.1, 0.15) is 74.7 Å². The van der Waals surface area contributed by atoms with E-state index in [0.29, 0.717) is 31.6 Å². The second-order valence-electron chi connectivity index (χ2n) is 12.8. The summed E-state index contributed by atoms with van der Waals surface area (Å²) >= 11 is 1.73. The van der Waals surface area contributed by atoms with Gasteiger partial charge in [-0.2, -0.15) is 11.8 Å². The number of carbonyl (C=O) groups is 7. The number of hydrogen-bond donors (Lipinski definition) is 4. The van der Waals surface area contributed by atoms with E-state index in [1.165, 1.54) is 34.6 Å². The molecule has 0 aromatic heterocycles. The van der Waals surface area contributed by atoms with Crippen LogP contribution in [-0.2, 0) is 38.3 Å². The number of fused-ring (bicyclic) bond motifs is 3. The first-order chi connectivity index (χ1) is 20.4. The fourth-order valence-electron chi connectivity index (χ4n) is 5.53. The molecule has 3 aliphatic heterocycles. The summed E-state index contributed by atoms with van der Waals surface area (Å²) in [7, 11) is 0. The minimum Gasteiger partial charge on any atom is -0.458 e. The summed E-state index contributed by atoms with van der Waals surface area (Å²) in [4.78, 5) is 92.4. The Morgan fingerprint density at radius 3 is 1.89 bits per heavy atom. The highest BCUT2D eigenvalue weighted by atomic mass is 32.2. The van der Waals surface area contributed by atoms with Gasteiger partial charge in [0.2, 0.25) is 35.4 Å². The van der Waals surface area contributed by atoms with Gasteiger partial charge in [-0.25, -0.2) is 4.79 Å². The van der Waals surface area contributed by atoms with Crippen LogP contribution in [0.3, 0.4) is 0 Å². The Morgan fingerprint density at radius 2 is 1.36 bits per heavy atom. The maximum Gasteiger partial charge on any atom is 0.328 e. The van der Waals surface area contributed by atoms with Crippen molar-refractivity contribution in [2.24, 2.45) is 0 Å². The van der Waals surface area contributed by atoms with E-state index in [9.17, 15) is 33.6 Å². The van der Waals surface area contributed by atoms with E-state index in [-0.39, 0.29) is 23.1 Å². The van der Waals surface area contributed by atoms with Gasteiger partial charge in [-0.15, -0.1) is 0 Å². The number of rotatable bonds is 9. The zero-order valence-corrected chi connectivity index (χ0v) is 27.5. The first-order valence-corrected chi connectivity index (χ1v) is 16.1. The first-order valence-electron chi connectivity index (χ1n) is 15.0. The van der Waals surface area contributed by atoms with Crippen molar-refractivity contribution in [1.82, 2.24) is 31.1 Å². The maximum atomic E-state index is 13.6. The standard InChI is InChI=1S/C29H46N6O8S/c1-14(23(37)31-15(2)25(39)33-17(4)28(42)43-29(6,7)8)30-24(38)16(3)32-26(40)21-10-9-19-13-44-20-11-22(27(41)35(19)21)34(12-20)18(5)36/h14-17,19-22H,9-13H2,1-8H3,(H,30,38)(H,31,37)(H,32,40)(H,33,39)/t14-,15-,16-,17-,19-,20-,21-,22-/m0/s1. The first kappa shape index (κ1) is 35.1. The Balaban J connectivity index is 1.51. The maximum absolute atomic E-state index is 13.6. The van der Waals surface area contributed by atoms with Crippen LogP contribution in [0.25, 0.3) is 0 Å². The molecule has 0 saturated carbocycles. The van der Waals surface area contributed by atoms with Gasteiger partial charge in [0.25, 0.3) is 0 Å². The molecule has 3 aliphatic rings. The number of hydrogen-bond acceptors (Lipinski definition) is 9. The fourth-order valence-corrected chi connectivity index (χ4v) is 6.93. The van der Waals surface area contributed by atoms with E-state index in [1.807, 2.05) is 0 Å². The molecular weight excluding hydrogens is 592 g/mol. The van der Waals surface area contributed by atoms with Crippen molar-refractivity contribution in [3.8, 4) is 0 Å². The van der Waals surface area contributed by atoms with E-state index in [1.54, 1.807) is 42.3 Å². The molecule has 6 amide bonds. The van der Waals surface area contributed by atoms with Crippen LogP contribution in [-0.4, -0.2) is 117 Å². The Bertz CT molecular complexity index is 1170. The predicted octanol–water partition coefficient (Wildman–Crippen LogP) is -0.557. The third kappa shape index (κ3) is 8.63. The topological polar surface area (TPSA) is 183 Å². The molecule has 0 aromatic carbocycles. The van der Waals surface area contributed by atoms with Gasteiger partial charge in [0, 0.05) is 30.5 Å².